The second kappa shape index (κ2) is 6.43. The van der Waals surface area contributed by atoms with Gasteiger partial charge in [0.1, 0.15) is 5.71 Å². The number of amides is 2. The fourth-order valence-electron chi connectivity index (χ4n) is 3.26. The zero-order valence-electron chi connectivity index (χ0n) is 13.4. The summed E-state index contributed by atoms with van der Waals surface area (Å²) in [6.07, 6.45) is 0.547. The number of likely N-dealkylation sites (tertiary alicyclic amines) is 1. The van der Waals surface area contributed by atoms with E-state index in [0.29, 0.717) is 18.7 Å². The number of benzene rings is 1. The Balaban J connectivity index is 1.81. The van der Waals surface area contributed by atoms with E-state index in [1.165, 1.54) is 12.1 Å². The molecule has 0 saturated carbocycles. The number of carboxylic acid groups (broad SMARTS) is 1. The summed E-state index contributed by atoms with van der Waals surface area (Å²) >= 11 is 0. The molecule has 2 aliphatic rings. The first kappa shape index (κ1) is 16.2. The molecule has 2 aliphatic heterocycles. The summed E-state index contributed by atoms with van der Waals surface area (Å²) in [5, 5.41) is 14.7. The van der Waals surface area contributed by atoms with Crippen LogP contribution in [0.1, 0.15) is 24.3 Å². The number of nitrogens with zero attached hydrogens (tertiary/aromatic N) is 3. The molecule has 1 saturated heterocycles. The molecule has 0 unspecified atom stereocenters. The highest BCUT2D eigenvalue weighted by atomic mass is 16.4. The maximum Gasteiger partial charge on any atom is 0.308 e. The Kier molecular flexibility index (Phi) is 4.33. The molecule has 7 heteroatoms. The molecule has 7 nitrogen and oxygen atoms in total. The number of carbonyl (C=O) groups excluding carboxylic acids is 2. The lowest BCUT2D eigenvalue weighted by Crippen LogP contribution is -2.40. The van der Waals surface area contributed by atoms with E-state index in [1.807, 2.05) is 30.3 Å². The molecule has 0 radical (unpaired) electrons. The maximum absolute atomic E-state index is 12.7. The van der Waals surface area contributed by atoms with Gasteiger partial charge in [0.25, 0.3) is 5.91 Å². The van der Waals surface area contributed by atoms with E-state index >= 15 is 0 Å². The first-order chi connectivity index (χ1) is 11.5. The maximum atomic E-state index is 12.7. The van der Waals surface area contributed by atoms with Crippen molar-refractivity contribution >= 4 is 23.5 Å². The summed E-state index contributed by atoms with van der Waals surface area (Å²) in [5.41, 5.74) is 1.23. The van der Waals surface area contributed by atoms with Crippen molar-refractivity contribution in [2.45, 2.75) is 18.8 Å². The Bertz CT molecular complexity index is 701. The molecule has 2 amide bonds. The Labute approximate surface area is 139 Å². The molecule has 2 atom stereocenters. The van der Waals surface area contributed by atoms with Crippen LogP contribution in [0.5, 0.6) is 0 Å². The van der Waals surface area contributed by atoms with E-state index in [4.69, 9.17) is 0 Å². The number of carbonyl (C=O) groups is 3. The van der Waals surface area contributed by atoms with Gasteiger partial charge in [-0.25, -0.2) is 5.01 Å². The summed E-state index contributed by atoms with van der Waals surface area (Å²) in [6.45, 7) is 0.501. The second-order valence-electron chi connectivity index (χ2n) is 6.14. The number of hydrogen-bond acceptors (Lipinski definition) is 4. The Hall–Kier alpha value is -2.70. The van der Waals surface area contributed by atoms with Crippen LogP contribution in [0.4, 0.5) is 0 Å². The lowest BCUT2D eigenvalue weighted by molar-refractivity contribution is -0.141. The molecule has 3 rings (SSSR count). The Morgan fingerprint density at radius 3 is 2.50 bits per heavy atom. The molecule has 1 aromatic rings. The van der Waals surface area contributed by atoms with Gasteiger partial charge in [-0.3, -0.25) is 14.4 Å². The van der Waals surface area contributed by atoms with Crippen molar-refractivity contribution in [2.75, 3.05) is 20.1 Å². The Morgan fingerprint density at radius 2 is 1.88 bits per heavy atom. The van der Waals surface area contributed by atoms with E-state index in [2.05, 4.69) is 5.10 Å². The topological polar surface area (TPSA) is 90.3 Å². The quantitative estimate of drug-likeness (QED) is 0.893. The molecule has 0 bridgehead atoms. The molecule has 0 aromatic heterocycles. The normalized spacial score (nSPS) is 24.0. The van der Waals surface area contributed by atoms with Crippen molar-refractivity contribution in [3.05, 3.63) is 35.9 Å². The van der Waals surface area contributed by atoms with Gasteiger partial charge in [-0.1, -0.05) is 30.3 Å². The Morgan fingerprint density at radius 1 is 1.17 bits per heavy atom. The van der Waals surface area contributed by atoms with Crippen LogP contribution in [0, 0.1) is 5.92 Å². The predicted octanol–water partition coefficient (Wildman–Crippen LogP) is 0.921. The van der Waals surface area contributed by atoms with E-state index in [9.17, 15) is 19.5 Å². The van der Waals surface area contributed by atoms with Gasteiger partial charge in [0.2, 0.25) is 5.91 Å². The second-order valence-corrected chi connectivity index (χ2v) is 6.14. The smallest absolute Gasteiger partial charge is 0.308 e. The SMILES string of the molecule is CN1N=C(C(=O)N2C[C@H](C(=O)O)[C@H](c3ccccc3)C2)CCC1=O. The van der Waals surface area contributed by atoms with E-state index < -0.39 is 11.9 Å². The van der Waals surface area contributed by atoms with Gasteiger partial charge in [-0.05, 0) is 5.56 Å². The van der Waals surface area contributed by atoms with Gasteiger partial charge in [0.05, 0.1) is 5.92 Å². The van der Waals surface area contributed by atoms with Crippen LogP contribution < -0.4 is 0 Å². The largest absolute Gasteiger partial charge is 0.481 e. The van der Waals surface area contributed by atoms with Gasteiger partial charge in [-0.15, -0.1) is 0 Å². The number of hydrazone groups is 1. The molecule has 1 N–H and O–H groups in total. The van der Waals surface area contributed by atoms with Gasteiger partial charge in [-0.2, -0.15) is 5.10 Å². The van der Waals surface area contributed by atoms with Gasteiger partial charge < -0.3 is 10.0 Å². The lowest BCUT2D eigenvalue weighted by atomic mass is 9.89. The van der Waals surface area contributed by atoms with Crippen molar-refractivity contribution in [3.63, 3.8) is 0 Å². The van der Waals surface area contributed by atoms with Crippen molar-refractivity contribution in [1.29, 1.82) is 0 Å². The molecule has 0 aliphatic carbocycles. The van der Waals surface area contributed by atoms with Crippen LogP contribution in [0.15, 0.2) is 35.4 Å². The van der Waals surface area contributed by atoms with E-state index in [1.54, 1.807) is 4.90 Å². The molecule has 2 heterocycles. The zero-order chi connectivity index (χ0) is 17.3. The summed E-state index contributed by atoms with van der Waals surface area (Å²) in [7, 11) is 1.52. The predicted molar refractivity (Wildman–Crippen MR) is 86.3 cm³/mol. The fraction of sp³-hybridized carbons (Fsp3) is 0.412. The van der Waals surface area contributed by atoms with Crippen LogP contribution in [-0.4, -0.2) is 58.6 Å². The number of hydrogen-bond donors (Lipinski definition) is 1. The molecule has 1 fully saturated rings. The van der Waals surface area contributed by atoms with Crippen molar-refractivity contribution in [3.8, 4) is 0 Å². The van der Waals surface area contributed by atoms with Crippen LogP contribution in [0.25, 0.3) is 0 Å². The molecule has 0 spiro atoms. The monoisotopic (exact) mass is 329 g/mol. The van der Waals surface area contributed by atoms with Gasteiger partial charge >= 0.3 is 5.97 Å². The molecular formula is C17H19N3O4. The summed E-state index contributed by atoms with van der Waals surface area (Å²) in [6, 6.07) is 9.38. The van der Waals surface area contributed by atoms with Crippen LogP contribution in [0.2, 0.25) is 0 Å². The highest BCUT2D eigenvalue weighted by molar-refractivity contribution is 6.39. The highest BCUT2D eigenvalue weighted by Gasteiger charge is 2.41. The lowest BCUT2D eigenvalue weighted by Gasteiger charge is -2.22. The minimum absolute atomic E-state index is 0.126. The molecule has 1 aromatic carbocycles. The number of carboxylic acids is 1. The third-order valence-corrected chi connectivity index (χ3v) is 4.61. The van der Waals surface area contributed by atoms with Crippen molar-refractivity contribution < 1.29 is 19.5 Å². The minimum Gasteiger partial charge on any atom is -0.481 e. The first-order valence-electron chi connectivity index (χ1n) is 7.88. The van der Waals surface area contributed by atoms with Crippen molar-refractivity contribution in [2.24, 2.45) is 11.0 Å². The minimum atomic E-state index is -0.906. The van der Waals surface area contributed by atoms with Crippen LogP contribution >= 0.6 is 0 Å². The van der Waals surface area contributed by atoms with E-state index in [0.717, 1.165) is 5.56 Å². The summed E-state index contributed by atoms with van der Waals surface area (Å²) < 4.78 is 0. The number of aliphatic carboxylic acids is 1. The third kappa shape index (κ3) is 3.02. The zero-order valence-corrected chi connectivity index (χ0v) is 13.4. The van der Waals surface area contributed by atoms with Gasteiger partial charge in [0, 0.05) is 38.9 Å². The number of rotatable bonds is 3. The van der Waals surface area contributed by atoms with Crippen LogP contribution in [0.3, 0.4) is 0 Å². The molecule has 24 heavy (non-hydrogen) atoms. The standard InChI is InChI=1S/C17H19N3O4/c1-19-15(21)8-7-14(18-19)16(22)20-9-12(13(10-20)17(23)24)11-5-3-2-4-6-11/h2-6,12-13H,7-10H2,1H3,(H,23,24)/t12-,13-/m0/s1. The van der Waals surface area contributed by atoms with Crippen LogP contribution in [-0.2, 0) is 14.4 Å². The van der Waals surface area contributed by atoms with E-state index in [-0.39, 0.29) is 30.7 Å². The first-order valence-corrected chi connectivity index (χ1v) is 7.88. The molecular weight excluding hydrogens is 310 g/mol. The van der Waals surface area contributed by atoms with Crippen molar-refractivity contribution in [1.82, 2.24) is 9.91 Å². The summed E-state index contributed by atoms with van der Waals surface area (Å²) in [5.74, 6) is -2.19. The van der Waals surface area contributed by atoms with Gasteiger partial charge in [0.15, 0.2) is 0 Å². The summed E-state index contributed by atoms with van der Waals surface area (Å²) in [4.78, 5) is 37.3. The highest BCUT2D eigenvalue weighted by Crippen LogP contribution is 2.33. The molecule has 126 valence electrons. The average Bonchev–Trinajstić information content (AvgIpc) is 3.03. The average molecular weight is 329 g/mol. The fourth-order valence-corrected chi connectivity index (χ4v) is 3.26. The third-order valence-electron chi connectivity index (χ3n) is 4.61.